The molecule has 0 unspecified atom stereocenters. The normalized spacial score (nSPS) is 12.3. The number of hydrogen-bond acceptors (Lipinski definition) is 11. The van der Waals surface area contributed by atoms with Crippen LogP contribution >= 0.6 is 0 Å². The maximum atomic E-state index is 12.7. The van der Waals surface area contributed by atoms with Crippen LogP contribution in [-0.4, -0.2) is 159 Å². The largest absolute Gasteiger partial charge is 0.480 e. The molecule has 0 aromatic carbocycles. The van der Waals surface area contributed by atoms with Gasteiger partial charge in [0.25, 0.3) is 0 Å². The molecule has 3 amide bonds. The molecule has 0 radical (unpaired) electrons. The van der Waals surface area contributed by atoms with Gasteiger partial charge in [0.15, 0.2) is 0 Å². The third-order valence-electron chi connectivity index (χ3n) is 10.4. The Morgan fingerprint density at radius 3 is 1.28 bits per heavy atom. The zero-order valence-corrected chi connectivity index (χ0v) is 36.5. The van der Waals surface area contributed by atoms with Gasteiger partial charge in [-0.25, -0.2) is 0 Å². The van der Waals surface area contributed by atoms with Crippen LogP contribution in [0.1, 0.15) is 148 Å². The predicted molar refractivity (Wildman–Crippen MR) is 228 cm³/mol. The van der Waals surface area contributed by atoms with Gasteiger partial charge in [0.2, 0.25) is 17.7 Å². The van der Waals surface area contributed by atoms with Gasteiger partial charge >= 0.3 is 29.8 Å². The van der Waals surface area contributed by atoms with Crippen molar-refractivity contribution >= 4 is 47.6 Å². The van der Waals surface area contributed by atoms with E-state index >= 15 is 0 Å². The molecule has 0 rings (SSSR count). The van der Waals surface area contributed by atoms with E-state index in [0.29, 0.717) is 19.3 Å². The van der Waals surface area contributed by atoms with E-state index in [-0.39, 0.29) is 57.9 Å². The topological polar surface area (TPSA) is 298 Å². The number of carbonyl (C=O) groups is 8. The summed E-state index contributed by atoms with van der Waals surface area (Å²) in [5, 5.41) is 52.3. The SMILES string of the molecule is CCCCCCCCCCCCCCCCCCC(=O)N[C@@H](CCCCNC(=O)CC[C@@H](C(=O)O)N(CCN(CC(=O)O)CC(=O)O)CCN(CC(=O)O)CC(=O)O)C(N)=O. The molecule has 19 nitrogen and oxygen atoms in total. The highest BCUT2D eigenvalue weighted by Gasteiger charge is 2.28. The number of carbonyl (C=O) groups excluding carboxylic acids is 3. The number of nitrogens with zero attached hydrogens (tertiary/aromatic N) is 3. The Morgan fingerprint density at radius 1 is 0.492 bits per heavy atom. The van der Waals surface area contributed by atoms with Crippen LogP contribution in [-0.2, 0) is 38.4 Å². The van der Waals surface area contributed by atoms with Gasteiger partial charge in [-0.15, -0.1) is 0 Å². The number of hydrogen-bond donors (Lipinski definition) is 8. The van der Waals surface area contributed by atoms with Crippen molar-refractivity contribution in [2.75, 3.05) is 58.9 Å². The lowest BCUT2D eigenvalue weighted by atomic mass is 10.0. The average molecular weight is 873 g/mol. The van der Waals surface area contributed by atoms with Crippen molar-refractivity contribution in [3.8, 4) is 0 Å². The summed E-state index contributed by atoms with van der Waals surface area (Å²) < 4.78 is 0. The first-order chi connectivity index (χ1) is 29.0. The van der Waals surface area contributed by atoms with Gasteiger partial charge in [0.1, 0.15) is 12.1 Å². The van der Waals surface area contributed by atoms with E-state index in [1.807, 2.05) is 0 Å². The molecule has 0 aliphatic carbocycles. The quantitative estimate of drug-likeness (QED) is 0.0408. The highest BCUT2D eigenvalue weighted by atomic mass is 16.4. The number of unbranched alkanes of at least 4 members (excludes halogenated alkanes) is 16. The molecule has 0 saturated carbocycles. The Balaban J connectivity index is 4.75. The van der Waals surface area contributed by atoms with E-state index < -0.39 is 79.9 Å². The number of carboxylic acid groups (broad SMARTS) is 5. The number of primary amides is 1. The fourth-order valence-corrected chi connectivity index (χ4v) is 7.06. The Hall–Kier alpha value is -4.36. The number of carboxylic acids is 5. The van der Waals surface area contributed by atoms with Crippen LogP contribution in [0, 0.1) is 0 Å². The van der Waals surface area contributed by atoms with Gasteiger partial charge in [-0.3, -0.25) is 53.1 Å². The molecule has 352 valence electrons. The fourth-order valence-electron chi connectivity index (χ4n) is 7.06. The maximum absolute atomic E-state index is 12.7. The van der Waals surface area contributed by atoms with Crippen LogP contribution in [0.4, 0.5) is 0 Å². The molecule has 2 atom stereocenters. The Labute approximate surface area is 361 Å². The van der Waals surface area contributed by atoms with E-state index in [9.17, 15) is 63.9 Å². The lowest BCUT2D eigenvalue weighted by Crippen LogP contribution is -2.50. The van der Waals surface area contributed by atoms with Crippen molar-refractivity contribution in [1.29, 1.82) is 0 Å². The van der Waals surface area contributed by atoms with Crippen LogP contribution in [0.25, 0.3) is 0 Å². The summed E-state index contributed by atoms with van der Waals surface area (Å²) in [7, 11) is 0. The molecule has 0 heterocycles. The lowest BCUT2D eigenvalue weighted by Gasteiger charge is -2.32. The average Bonchev–Trinajstić information content (AvgIpc) is 3.16. The van der Waals surface area contributed by atoms with Crippen LogP contribution in [0.15, 0.2) is 0 Å². The number of nitrogens with two attached hydrogens (primary N) is 1. The Bertz CT molecular complexity index is 1230. The highest BCUT2D eigenvalue weighted by molar-refractivity contribution is 5.86. The second-order valence-corrected chi connectivity index (χ2v) is 15.8. The minimum absolute atomic E-state index is 0.190. The van der Waals surface area contributed by atoms with E-state index in [2.05, 4.69) is 17.6 Å². The van der Waals surface area contributed by atoms with Crippen molar-refractivity contribution in [1.82, 2.24) is 25.3 Å². The Morgan fingerprint density at radius 2 is 0.902 bits per heavy atom. The highest BCUT2D eigenvalue weighted by Crippen LogP contribution is 2.15. The summed E-state index contributed by atoms with van der Waals surface area (Å²) in [5.74, 6) is -8.00. The molecule has 0 saturated heterocycles. The molecule has 61 heavy (non-hydrogen) atoms. The fraction of sp³-hybridized carbons (Fsp3) is 0.810. The summed E-state index contributed by atoms with van der Waals surface area (Å²) in [4.78, 5) is 98.2. The van der Waals surface area contributed by atoms with Gasteiger partial charge in [0.05, 0.1) is 26.2 Å². The van der Waals surface area contributed by atoms with Gasteiger partial charge in [-0.05, 0) is 32.1 Å². The molecule has 0 bridgehead atoms. The first-order valence-electron chi connectivity index (χ1n) is 22.2. The van der Waals surface area contributed by atoms with Gasteiger partial charge in [0, 0.05) is 45.6 Å². The van der Waals surface area contributed by atoms with Crippen LogP contribution in [0.5, 0.6) is 0 Å². The summed E-state index contributed by atoms with van der Waals surface area (Å²) in [6.07, 6.45) is 20.7. The Kier molecular flexibility index (Phi) is 33.7. The summed E-state index contributed by atoms with van der Waals surface area (Å²) in [5.41, 5.74) is 5.53. The zero-order chi connectivity index (χ0) is 45.8. The van der Waals surface area contributed by atoms with Gasteiger partial charge in [-0.1, -0.05) is 103 Å². The maximum Gasteiger partial charge on any atom is 0.320 e. The second kappa shape index (κ2) is 36.3. The number of amides is 3. The molecule has 19 heteroatoms. The summed E-state index contributed by atoms with van der Waals surface area (Å²) in [6.45, 7) is -0.992. The van der Waals surface area contributed by atoms with Crippen molar-refractivity contribution in [3.63, 3.8) is 0 Å². The number of aliphatic carboxylic acids is 5. The molecule has 0 fully saturated rings. The molecule has 9 N–H and O–H groups in total. The first-order valence-corrected chi connectivity index (χ1v) is 22.2. The van der Waals surface area contributed by atoms with Crippen molar-refractivity contribution in [3.05, 3.63) is 0 Å². The molecular weight excluding hydrogens is 796 g/mol. The van der Waals surface area contributed by atoms with Gasteiger partial charge in [-0.2, -0.15) is 0 Å². The summed E-state index contributed by atoms with van der Waals surface area (Å²) >= 11 is 0. The van der Waals surface area contributed by atoms with Crippen LogP contribution in [0.3, 0.4) is 0 Å². The minimum Gasteiger partial charge on any atom is -0.480 e. The molecule has 0 aliphatic rings. The second-order valence-electron chi connectivity index (χ2n) is 15.8. The number of nitrogens with one attached hydrogen (secondary N) is 2. The molecule has 0 aromatic heterocycles. The van der Waals surface area contributed by atoms with E-state index in [1.54, 1.807) is 0 Å². The third kappa shape index (κ3) is 34.0. The molecule has 0 aliphatic heterocycles. The van der Waals surface area contributed by atoms with Crippen molar-refractivity contribution in [2.45, 2.75) is 160 Å². The minimum atomic E-state index is -1.35. The zero-order valence-electron chi connectivity index (χ0n) is 36.5. The van der Waals surface area contributed by atoms with E-state index in [1.165, 1.54) is 81.9 Å². The van der Waals surface area contributed by atoms with E-state index in [0.717, 1.165) is 35.5 Å². The first kappa shape index (κ1) is 56.6. The summed E-state index contributed by atoms with van der Waals surface area (Å²) in [6, 6.07) is -2.20. The van der Waals surface area contributed by atoms with Crippen LogP contribution in [0.2, 0.25) is 0 Å². The monoisotopic (exact) mass is 873 g/mol. The molecule has 0 spiro atoms. The van der Waals surface area contributed by atoms with Crippen molar-refractivity contribution in [2.24, 2.45) is 5.73 Å². The van der Waals surface area contributed by atoms with Crippen LogP contribution < -0.4 is 16.4 Å². The third-order valence-corrected chi connectivity index (χ3v) is 10.4. The smallest absolute Gasteiger partial charge is 0.320 e. The number of rotatable bonds is 43. The standard InChI is InChI=1S/C42H76N6O13/c1-2-3-4-5-6-7-8-9-10-11-12-13-14-15-16-17-21-36(50)45-33(41(43)59)20-18-19-24-44-35(49)23-22-34(42(60)61)48(27-25-46(29-37(51)52)30-38(53)54)28-26-47(31-39(55)56)32-40(57)58/h33-34H,2-32H2,1H3,(H2,43,59)(H,44,49)(H,45,50)(H,51,52)(H,53,54)(H,55,56)(H,57,58)(H,60,61)/t33-,34-/m0/s1. The van der Waals surface area contributed by atoms with E-state index in [4.69, 9.17) is 5.73 Å². The molecular formula is C42H76N6O13. The molecule has 0 aromatic rings. The van der Waals surface area contributed by atoms with Gasteiger partial charge < -0.3 is 41.9 Å². The predicted octanol–water partition coefficient (Wildman–Crippen LogP) is 3.37. The van der Waals surface area contributed by atoms with Crippen molar-refractivity contribution < 1.29 is 63.9 Å². The lowest BCUT2D eigenvalue weighted by molar-refractivity contribution is -0.146.